The van der Waals surface area contributed by atoms with Gasteiger partial charge in [0.15, 0.2) is 0 Å². The van der Waals surface area contributed by atoms with Gasteiger partial charge in [-0.2, -0.15) is 0 Å². The molecule has 2 N–H and O–H groups in total. The van der Waals surface area contributed by atoms with Crippen LogP contribution in [0.2, 0.25) is 0 Å². The standard InChI is InChI=1S/C13H28N2/c1-4-7-12(2)10-15(3)13(11-14)8-5-6-9-13/h12H,4-11,14H2,1-3H3. The van der Waals surface area contributed by atoms with Crippen LogP contribution in [0.4, 0.5) is 0 Å². The van der Waals surface area contributed by atoms with Gasteiger partial charge in [0.05, 0.1) is 0 Å². The summed E-state index contributed by atoms with van der Waals surface area (Å²) in [5.41, 5.74) is 6.31. The van der Waals surface area contributed by atoms with E-state index in [2.05, 4.69) is 25.8 Å². The van der Waals surface area contributed by atoms with Crippen molar-refractivity contribution in [1.29, 1.82) is 0 Å². The first kappa shape index (κ1) is 13.0. The lowest BCUT2D eigenvalue weighted by atomic mass is 9.93. The lowest BCUT2D eigenvalue weighted by Crippen LogP contribution is -2.51. The molecule has 0 saturated heterocycles. The van der Waals surface area contributed by atoms with Crippen molar-refractivity contribution in [3.05, 3.63) is 0 Å². The molecule has 1 aliphatic rings. The van der Waals surface area contributed by atoms with E-state index >= 15 is 0 Å². The first-order chi connectivity index (χ1) is 7.14. The lowest BCUT2D eigenvalue weighted by molar-refractivity contribution is 0.112. The van der Waals surface area contributed by atoms with E-state index in [1.165, 1.54) is 45.1 Å². The Labute approximate surface area is 95.2 Å². The van der Waals surface area contributed by atoms with Crippen molar-refractivity contribution >= 4 is 0 Å². The van der Waals surface area contributed by atoms with Crippen LogP contribution >= 0.6 is 0 Å². The molecular formula is C13H28N2. The molecule has 1 unspecified atom stereocenters. The van der Waals surface area contributed by atoms with E-state index in [-0.39, 0.29) is 0 Å². The molecule has 0 bridgehead atoms. The van der Waals surface area contributed by atoms with Crippen molar-refractivity contribution in [2.75, 3.05) is 20.1 Å². The van der Waals surface area contributed by atoms with E-state index in [0.717, 1.165) is 12.5 Å². The zero-order valence-corrected chi connectivity index (χ0v) is 10.8. The summed E-state index contributed by atoms with van der Waals surface area (Å²) in [6, 6.07) is 0. The fourth-order valence-corrected chi connectivity index (χ4v) is 3.02. The summed E-state index contributed by atoms with van der Waals surface area (Å²) in [7, 11) is 2.27. The Morgan fingerprint density at radius 1 is 1.33 bits per heavy atom. The molecule has 1 fully saturated rings. The predicted molar refractivity (Wildman–Crippen MR) is 67.0 cm³/mol. The van der Waals surface area contributed by atoms with Gasteiger partial charge < -0.3 is 5.73 Å². The first-order valence-electron chi connectivity index (χ1n) is 6.56. The Morgan fingerprint density at radius 2 is 1.93 bits per heavy atom. The fourth-order valence-electron chi connectivity index (χ4n) is 3.02. The van der Waals surface area contributed by atoms with Gasteiger partial charge in [-0.05, 0) is 32.2 Å². The molecule has 1 atom stereocenters. The Morgan fingerprint density at radius 3 is 2.40 bits per heavy atom. The monoisotopic (exact) mass is 212 g/mol. The van der Waals surface area contributed by atoms with Crippen molar-refractivity contribution in [1.82, 2.24) is 4.90 Å². The molecular weight excluding hydrogens is 184 g/mol. The van der Waals surface area contributed by atoms with E-state index in [9.17, 15) is 0 Å². The van der Waals surface area contributed by atoms with E-state index in [1.807, 2.05) is 0 Å². The molecule has 15 heavy (non-hydrogen) atoms. The summed E-state index contributed by atoms with van der Waals surface area (Å²) < 4.78 is 0. The number of hydrogen-bond donors (Lipinski definition) is 1. The highest BCUT2D eigenvalue weighted by molar-refractivity contribution is 4.94. The van der Waals surface area contributed by atoms with Crippen LogP contribution < -0.4 is 5.73 Å². The van der Waals surface area contributed by atoms with Crippen molar-refractivity contribution < 1.29 is 0 Å². The minimum Gasteiger partial charge on any atom is -0.329 e. The highest BCUT2D eigenvalue weighted by Crippen LogP contribution is 2.34. The lowest BCUT2D eigenvalue weighted by Gasteiger charge is -2.39. The average molecular weight is 212 g/mol. The van der Waals surface area contributed by atoms with Crippen LogP contribution in [0, 0.1) is 5.92 Å². The number of hydrogen-bond acceptors (Lipinski definition) is 2. The molecule has 0 spiro atoms. The van der Waals surface area contributed by atoms with Crippen LogP contribution in [0.5, 0.6) is 0 Å². The Balaban J connectivity index is 2.46. The largest absolute Gasteiger partial charge is 0.329 e. The molecule has 2 heteroatoms. The van der Waals surface area contributed by atoms with Crippen LogP contribution in [0.15, 0.2) is 0 Å². The molecule has 0 amide bonds. The SMILES string of the molecule is CCCC(C)CN(C)C1(CN)CCCC1. The summed E-state index contributed by atoms with van der Waals surface area (Å²) in [5, 5.41) is 0. The summed E-state index contributed by atoms with van der Waals surface area (Å²) in [5.74, 6) is 0.809. The second-order valence-electron chi connectivity index (χ2n) is 5.41. The Hall–Kier alpha value is -0.0800. The van der Waals surface area contributed by atoms with E-state index in [1.54, 1.807) is 0 Å². The summed E-state index contributed by atoms with van der Waals surface area (Å²) in [6.45, 7) is 6.68. The third-order valence-corrected chi connectivity index (χ3v) is 4.09. The molecule has 0 aromatic rings. The fraction of sp³-hybridized carbons (Fsp3) is 1.00. The van der Waals surface area contributed by atoms with Gasteiger partial charge in [0.1, 0.15) is 0 Å². The number of likely N-dealkylation sites (N-methyl/N-ethyl adjacent to an activating group) is 1. The zero-order valence-electron chi connectivity index (χ0n) is 10.8. The van der Waals surface area contributed by atoms with E-state index in [4.69, 9.17) is 5.73 Å². The maximum absolute atomic E-state index is 5.98. The second kappa shape index (κ2) is 5.86. The molecule has 1 rings (SSSR count). The van der Waals surface area contributed by atoms with Gasteiger partial charge in [-0.15, -0.1) is 0 Å². The first-order valence-corrected chi connectivity index (χ1v) is 6.56. The third kappa shape index (κ3) is 3.18. The Kier molecular flexibility index (Phi) is 5.07. The predicted octanol–water partition coefficient (Wildman–Crippen LogP) is 2.63. The zero-order chi connectivity index (χ0) is 11.3. The summed E-state index contributed by atoms with van der Waals surface area (Å²) in [4.78, 5) is 2.54. The second-order valence-corrected chi connectivity index (χ2v) is 5.41. The van der Waals surface area contributed by atoms with E-state index in [0.29, 0.717) is 5.54 Å². The topological polar surface area (TPSA) is 29.3 Å². The Bertz CT molecular complexity index is 173. The minimum atomic E-state index is 0.335. The van der Waals surface area contributed by atoms with Crippen molar-refractivity contribution in [2.45, 2.75) is 57.9 Å². The van der Waals surface area contributed by atoms with Crippen molar-refractivity contribution in [3.63, 3.8) is 0 Å². The van der Waals surface area contributed by atoms with Crippen LogP contribution in [-0.4, -0.2) is 30.6 Å². The van der Waals surface area contributed by atoms with Crippen LogP contribution in [0.3, 0.4) is 0 Å². The van der Waals surface area contributed by atoms with Gasteiger partial charge in [0, 0.05) is 18.6 Å². The van der Waals surface area contributed by atoms with Gasteiger partial charge >= 0.3 is 0 Å². The number of rotatable bonds is 6. The summed E-state index contributed by atoms with van der Waals surface area (Å²) in [6.07, 6.45) is 7.97. The number of nitrogens with two attached hydrogens (primary N) is 1. The maximum atomic E-state index is 5.98. The molecule has 0 radical (unpaired) electrons. The quantitative estimate of drug-likeness (QED) is 0.733. The molecule has 0 aromatic heterocycles. The normalized spacial score (nSPS) is 22.2. The van der Waals surface area contributed by atoms with Gasteiger partial charge in [0.25, 0.3) is 0 Å². The molecule has 1 aliphatic carbocycles. The van der Waals surface area contributed by atoms with Gasteiger partial charge in [-0.3, -0.25) is 4.90 Å². The highest BCUT2D eigenvalue weighted by atomic mass is 15.2. The molecule has 2 nitrogen and oxygen atoms in total. The molecule has 90 valence electrons. The third-order valence-electron chi connectivity index (χ3n) is 4.09. The highest BCUT2D eigenvalue weighted by Gasteiger charge is 2.36. The van der Waals surface area contributed by atoms with Crippen molar-refractivity contribution in [3.8, 4) is 0 Å². The molecule has 0 aromatic carbocycles. The van der Waals surface area contributed by atoms with E-state index < -0.39 is 0 Å². The molecule has 0 heterocycles. The van der Waals surface area contributed by atoms with Gasteiger partial charge in [-0.1, -0.05) is 33.1 Å². The van der Waals surface area contributed by atoms with Gasteiger partial charge in [0.2, 0.25) is 0 Å². The van der Waals surface area contributed by atoms with Crippen LogP contribution in [0.1, 0.15) is 52.4 Å². The van der Waals surface area contributed by atoms with Gasteiger partial charge in [-0.25, -0.2) is 0 Å². The minimum absolute atomic E-state index is 0.335. The smallest absolute Gasteiger partial charge is 0.0328 e. The maximum Gasteiger partial charge on any atom is 0.0328 e. The average Bonchev–Trinajstić information content (AvgIpc) is 2.67. The number of nitrogens with zero attached hydrogens (tertiary/aromatic N) is 1. The van der Waals surface area contributed by atoms with Crippen molar-refractivity contribution in [2.24, 2.45) is 11.7 Å². The van der Waals surface area contributed by atoms with Crippen LogP contribution in [0.25, 0.3) is 0 Å². The molecule has 1 saturated carbocycles. The van der Waals surface area contributed by atoms with Crippen LogP contribution in [-0.2, 0) is 0 Å². The summed E-state index contributed by atoms with van der Waals surface area (Å²) >= 11 is 0. The molecule has 0 aliphatic heterocycles.